The van der Waals surface area contributed by atoms with Crippen LogP contribution in [0.25, 0.3) is 11.3 Å². The fourth-order valence-electron chi connectivity index (χ4n) is 1.55. The van der Waals surface area contributed by atoms with Crippen molar-refractivity contribution in [3.63, 3.8) is 0 Å². The zero-order chi connectivity index (χ0) is 12.6. The molecule has 0 atom stereocenters. The number of rotatable bonds is 2. The van der Waals surface area contributed by atoms with Crippen molar-refractivity contribution in [3.05, 3.63) is 39.5 Å². The number of hydrogen-bond acceptors (Lipinski definition) is 2. The van der Waals surface area contributed by atoms with Gasteiger partial charge in [-0.25, -0.2) is 4.79 Å². The van der Waals surface area contributed by atoms with Gasteiger partial charge in [-0.3, -0.25) is 4.68 Å². The first-order chi connectivity index (χ1) is 8.00. The summed E-state index contributed by atoms with van der Waals surface area (Å²) in [5.41, 5.74) is 1.38. The van der Waals surface area contributed by atoms with E-state index in [4.69, 9.17) is 16.7 Å². The average Bonchev–Trinajstić information content (AvgIpc) is 2.61. The smallest absolute Gasteiger partial charge is 0.356 e. The summed E-state index contributed by atoms with van der Waals surface area (Å²) in [5, 5.41) is 13.3. The molecule has 0 fully saturated rings. The lowest BCUT2D eigenvalue weighted by Gasteiger charge is -2.06. The van der Waals surface area contributed by atoms with E-state index >= 15 is 0 Å². The monoisotopic (exact) mass is 314 g/mol. The first-order valence-electron chi connectivity index (χ1n) is 4.72. The van der Waals surface area contributed by atoms with Gasteiger partial charge in [-0.15, -0.1) is 0 Å². The van der Waals surface area contributed by atoms with E-state index in [1.165, 1.54) is 10.7 Å². The van der Waals surface area contributed by atoms with E-state index in [1.807, 2.05) is 12.1 Å². The van der Waals surface area contributed by atoms with Crippen LogP contribution in [-0.4, -0.2) is 20.9 Å². The number of aromatic carboxylic acids is 1. The summed E-state index contributed by atoms with van der Waals surface area (Å²) < 4.78 is 2.29. The van der Waals surface area contributed by atoms with E-state index in [0.717, 1.165) is 10.0 Å². The highest BCUT2D eigenvalue weighted by molar-refractivity contribution is 9.10. The van der Waals surface area contributed by atoms with Crippen molar-refractivity contribution in [3.8, 4) is 11.3 Å². The van der Waals surface area contributed by atoms with Gasteiger partial charge in [0, 0.05) is 17.1 Å². The summed E-state index contributed by atoms with van der Waals surface area (Å²) in [4.78, 5) is 10.8. The minimum atomic E-state index is -1.06. The van der Waals surface area contributed by atoms with Crippen LogP contribution in [0.3, 0.4) is 0 Å². The second kappa shape index (κ2) is 4.50. The number of hydrogen-bond donors (Lipinski definition) is 1. The van der Waals surface area contributed by atoms with Crippen molar-refractivity contribution in [2.45, 2.75) is 0 Å². The maximum absolute atomic E-state index is 10.8. The van der Waals surface area contributed by atoms with Gasteiger partial charge >= 0.3 is 5.97 Å². The molecule has 1 heterocycles. The highest BCUT2D eigenvalue weighted by Gasteiger charge is 2.16. The quantitative estimate of drug-likeness (QED) is 0.926. The van der Waals surface area contributed by atoms with Crippen LogP contribution in [0.2, 0.25) is 5.02 Å². The van der Waals surface area contributed by atoms with Crippen LogP contribution in [0.5, 0.6) is 0 Å². The van der Waals surface area contributed by atoms with Gasteiger partial charge in [0.25, 0.3) is 0 Å². The van der Waals surface area contributed by atoms with Crippen molar-refractivity contribution in [1.82, 2.24) is 9.78 Å². The Labute approximate surface area is 111 Å². The molecule has 0 unspecified atom stereocenters. The van der Waals surface area contributed by atoms with Crippen molar-refractivity contribution in [2.24, 2.45) is 7.05 Å². The Morgan fingerprint density at radius 2 is 2.24 bits per heavy atom. The second-order valence-corrected chi connectivity index (χ2v) is 4.70. The van der Waals surface area contributed by atoms with Gasteiger partial charge in [0.15, 0.2) is 5.69 Å². The summed E-state index contributed by atoms with van der Waals surface area (Å²) in [6, 6.07) is 6.89. The third kappa shape index (κ3) is 2.21. The summed E-state index contributed by atoms with van der Waals surface area (Å²) in [7, 11) is 1.68. The molecule has 1 aromatic carbocycles. The lowest BCUT2D eigenvalue weighted by Crippen LogP contribution is -1.99. The van der Waals surface area contributed by atoms with E-state index in [1.54, 1.807) is 13.1 Å². The number of halogens is 2. The van der Waals surface area contributed by atoms with Crippen LogP contribution in [0.15, 0.2) is 28.7 Å². The van der Waals surface area contributed by atoms with E-state index in [2.05, 4.69) is 21.0 Å². The average molecular weight is 316 g/mol. The minimum Gasteiger partial charge on any atom is -0.476 e. The highest BCUT2D eigenvalue weighted by atomic mass is 79.9. The molecule has 2 aromatic rings. The first kappa shape index (κ1) is 12.1. The molecule has 2 rings (SSSR count). The van der Waals surface area contributed by atoms with E-state index < -0.39 is 5.97 Å². The van der Waals surface area contributed by atoms with Crippen LogP contribution in [0.4, 0.5) is 0 Å². The predicted molar refractivity (Wildman–Crippen MR) is 68.3 cm³/mol. The van der Waals surface area contributed by atoms with Crippen molar-refractivity contribution < 1.29 is 9.90 Å². The number of benzene rings is 1. The molecule has 0 bridgehead atoms. The molecule has 1 N–H and O–H groups in total. The van der Waals surface area contributed by atoms with E-state index in [-0.39, 0.29) is 5.69 Å². The fraction of sp³-hybridized carbons (Fsp3) is 0.0909. The Balaban J connectivity index is 2.64. The third-order valence-electron chi connectivity index (χ3n) is 2.32. The molecule has 0 spiro atoms. The normalized spacial score (nSPS) is 10.5. The number of carboxylic acid groups (broad SMARTS) is 1. The molecule has 88 valence electrons. The molecule has 1 aromatic heterocycles. The van der Waals surface area contributed by atoms with Gasteiger partial charge in [-0.2, -0.15) is 5.10 Å². The van der Waals surface area contributed by atoms with Crippen molar-refractivity contribution in [1.29, 1.82) is 0 Å². The molecule has 0 saturated carbocycles. The SMILES string of the molecule is Cn1nc(C(=O)O)cc1-c1c(Cl)cccc1Br. The Kier molecular flexibility index (Phi) is 3.22. The van der Waals surface area contributed by atoms with Gasteiger partial charge < -0.3 is 5.11 Å². The zero-order valence-electron chi connectivity index (χ0n) is 8.82. The number of aromatic nitrogens is 2. The lowest BCUT2D eigenvalue weighted by atomic mass is 10.1. The Morgan fingerprint density at radius 1 is 1.53 bits per heavy atom. The predicted octanol–water partition coefficient (Wildman–Crippen LogP) is 3.20. The molecule has 0 amide bonds. The van der Waals surface area contributed by atoms with Crippen molar-refractivity contribution >= 4 is 33.5 Å². The summed E-state index contributed by atoms with van der Waals surface area (Å²) >= 11 is 9.50. The molecular formula is C11H8BrClN2O2. The Bertz CT molecular complexity index is 575. The van der Waals surface area contributed by atoms with Gasteiger partial charge in [0.2, 0.25) is 0 Å². The highest BCUT2D eigenvalue weighted by Crippen LogP contribution is 2.34. The largest absolute Gasteiger partial charge is 0.476 e. The van der Waals surface area contributed by atoms with E-state index in [0.29, 0.717) is 10.7 Å². The molecule has 0 aliphatic rings. The minimum absolute atomic E-state index is 0.00526. The van der Waals surface area contributed by atoms with Gasteiger partial charge in [-0.05, 0) is 18.2 Å². The van der Waals surface area contributed by atoms with Crippen LogP contribution in [-0.2, 0) is 7.05 Å². The Morgan fingerprint density at radius 3 is 2.76 bits per heavy atom. The molecule has 17 heavy (non-hydrogen) atoms. The Hall–Kier alpha value is -1.33. The summed E-state index contributed by atoms with van der Waals surface area (Å²) in [6.45, 7) is 0. The topological polar surface area (TPSA) is 55.1 Å². The van der Waals surface area contributed by atoms with Gasteiger partial charge in [-0.1, -0.05) is 33.6 Å². The summed E-state index contributed by atoms with van der Waals surface area (Å²) in [5.74, 6) is -1.06. The van der Waals surface area contributed by atoms with Gasteiger partial charge in [0.1, 0.15) is 0 Å². The molecule has 4 nitrogen and oxygen atoms in total. The standard InChI is InChI=1S/C11H8BrClN2O2/c1-15-9(5-8(14-15)11(16)17)10-6(12)3-2-4-7(10)13/h2-5H,1H3,(H,16,17). The van der Waals surface area contributed by atoms with Gasteiger partial charge in [0.05, 0.1) is 10.7 Å². The third-order valence-corrected chi connectivity index (χ3v) is 3.29. The zero-order valence-corrected chi connectivity index (χ0v) is 11.2. The van der Waals surface area contributed by atoms with Crippen LogP contribution < -0.4 is 0 Å². The maximum atomic E-state index is 10.8. The van der Waals surface area contributed by atoms with Crippen LogP contribution >= 0.6 is 27.5 Å². The van der Waals surface area contributed by atoms with Crippen LogP contribution in [0, 0.1) is 0 Å². The number of nitrogens with zero attached hydrogens (tertiary/aromatic N) is 2. The maximum Gasteiger partial charge on any atom is 0.356 e. The fourth-order valence-corrected chi connectivity index (χ4v) is 2.50. The van der Waals surface area contributed by atoms with Crippen molar-refractivity contribution in [2.75, 3.05) is 0 Å². The molecular weight excluding hydrogens is 307 g/mol. The number of carboxylic acids is 1. The summed E-state index contributed by atoms with van der Waals surface area (Å²) in [6.07, 6.45) is 0. The van der Waals surface area contributed by atoms with E-state index in [9.17, 15) is 4.79 Å². The second-order valence-electron chi connectivity index (χ2n) is 3.44. The molecule has 0 saturated heterocycles. The number of aryl methyl sites for hydroxylation is 1. The number of carbonyl (C=O) groups is 1. The van der Waals surface area contributed by atoms with Crippen LogP contribution in [0.1, 0.15) is 10.5 Å². The first-order valence-corrected chi connectivity index (χ1v) is 5.89. The lowest BCUT2D eigenvalue weighted by molar-refractivity contribution is 0.0689. The molecule has 6 heteroatoms. The molecule has 0 aliphatic heterocycles. The molecule has 0 aliphatic carbocycles. The molecule has 0 radical (unpaired) electrons.